The molecule has 2 nitrogen and oxygen atoms in total. The lowest BCUT2D eigenvalue weighted by atomic mass is 9.79. The largest absolute Gasteiger partial charge is 0.493 e. The number of hydrogen-bond donors (Lipinski definition) is 0. The van der Waals surface area contributed by atoms with Gasteiger partial charge in [0.05, 0.1) is 13.2 Å². The summed E-state index contributed by atoms with van der Waals surface area (Å²) in [6.45, 7) is 4.80. The molecule has 0 bridgehead atoms. The highest BCUT2D eigenvalue weighted by atomic mass is 19.2. The van der Waals surface area contributed by atoms with Crippen LogP contribution in [0.2, 0.25) is 0 Å². The van der Waals surface area contributed by atoms with Gasteiger partial charge in [-0.25, -0.2) is 8.78 Å². The van der Waals surface area contributed by atoms with Crippen molar-refractivity contribution in [3.05, 3.63) is 58.9 Å². The van der Waals surface area contributed by atoms with Crippen LogP contribution in [0, 0.1) is 30.3 Å². The molecule has 0 radical (unpaired) electrons. The predicted octanol–water partition coefficient (Wildman–Crippen LogP) is 8.11. The second kappa shape index (κ2) is 12.2. The maximum atomic E-state index is 14.7. The molecule has 0 aliphatic heterocycles. The highest BCUT2D eigenvalue weighted by molar-refractivity contribution is 5.33. The van der Waals surface area contributed by atoms with Gasteiger partial charge in [0, 0.05) is 6.07 Å². The molecule has 176 valence electrons. The maximum absolute atomic E-state index is 14.7. The second-order valence-electron chi connectivity index (χ2n) is 8.98. The van der Waals surface area contributed by atoms with Crippen molar-refractivity contribution in [3.8, 4) is 11.5 Å². The summed E-state index contributed by atoms with van der Waals surface area (Å²) in [5.41, 5.74) is 1.04. The third kappa shape index (κ3) is 6.66. The van der Waals surface area contributed by atoms with Crippen LogP contribution in [0.25, 0.3) is 0 Å². The highest BCUT2D eigenvalue weighted by Gasteiger charge is 2.27. The highest BCUT2D eigenvalue weighted by Crippen LogP contribution is 2.39. The molecule has 1 fully saturated rings. The number of ether oxygens (including phenoxy) is 2. The minimum Gasteiger partial charge on any atom is -0.493 e. The fourth-order valence-electron chi connectivity index (χ4n) is 4.38. The van der Waals surface area contributed by atoms with Gasteiger partial charge in [-0.1, -0.05) is 44.7 Å². The van der Waals surface area contributed by atoms with Crippen molar-refractivity contribution in [2.45, 2.75) is 77.6 Å². The van der Waals surface area contributed by atoms with Gasteiger partial charge in [-0.2, -0.15) is 4.39 Å². The van der Waals surface area contributed by atoms with Crippen LogP contribution in [0.5, 0.6) is 11.5 Å². The number of halogens is 3. The van der Waals surface area contributed by atoms with Crippen LogP contribution in [-0.2, 0) is 0 Å². The zero-order chi connectivity index (χ0) is 22.9. The zero-order valence-corrected chi connectivity index (χ0v) is 19.3. The average molecular weight is 449 g/mol. The van der Waals surface area contributed by atoms with E-state index in [1.807, 2.05) is 0 Å². The molecule has 0 amide bonds. The van der Waals surface area contributed by atoms with Crippen LogP contribution >= 0.6 is 0 Å². The second-order valence-corrected chi connectivity index (χ2v) is 8.98. The Kier molecular flexibility index (Phi) is 9.31. The first-order chi connectivity index (χ1) is 15.5. The molecule has 2 aromatic carbocycles. The molecule has 32 heavy (non-hydrogen) atoms. The monoisotopic (exact) mass is 448 g/mol. The summed E-state index contributed by atoms with van der Waals surface area (Å²) in [7, 11) is 0. The van der Waals surface area contributed by atoms with Crippen molar-refractivity contribution in [2.24, 2.45) is 5.92 Å². The summed E-state index contributed by atoms with van der Waals surface area (Å²) in [6.07, 6.45) is 8.71. The van der Waals surface area contributed by atoms with Crippen LogP contribution in [0.1, 0.15) is 81.8 Å². The maximum Gasteiger partial charge on any atom is 0.200 e. The standard InChI is InChI=1S/C27H35F3O2/c1-3-4-5-6-7-16-31-25-15-14-23(26(29)27(25)30)21-11-9-20(10-12-21)18-32-22-13-8-19(2)24(28)17-22/h8,13-15,17,20-21H,3-7,9-12,16,18H2,1-2H3. The van der Waals surface area contributed by atoms with Gasteiger partial charge in [0.15, 0.2) is 11.6 Å². The quantitative estimate of drug-likeness (QED) is 0.323. The molecular formula is C27H35F3O2. The number of hydrogen-bond acceptors (Lipinski definition) is 2. The Bertz CT molecular complexity index is 860. The van der Waals surface area contributed by atoms with E-state index in [1.54, 1.807) is 31.2 Å². The van der Waals surface area contributed by atoms with Gasteiger partial charge in [0.2, 0.25) is 5.82 Å². The van der Waals surface area contributed by atoms with Crippen LogP contribution in [-0.4, -0.2) is 13.2 Å². The molecule has 0 heterocycles. The average Bonchev–Trinajstić information content (AvgIpc) is 2.80. The Morgan fingerprint density at radius 1 is 0.844 bits per heavy atom. The summed E-state index contributed by atoms with van der Waals surface area (Å²) >= 11 is 0. The fraction of sp³-hybridized carbons (Fsp3) is 0.556. The van der Waals surface area contributed by atoms with Gasteiger partial charge in [-0.3, -0.25) is 0 Å². The van der Waals surface area contributed by atoms with Crippen LogP contribution < -0.4 is 9.47 Å². The minimum absolute atomic E-state index is 0.000614. The van der Waals surface area contributed by atoms with Gasteiger partial charge in [0.1, 0.15) is 11.6 Å². The molecular weight excluding hydrogens is 413 g/mol. The van der Waals surface area contributed by atoms with Crippen LogP contribution in [0.3, 0.4) is 0 Å². The lowest BCUT2D eigenvalue weighted by Crippen LogP contribution is -2.20. The van der Waals surface area contributed by atoms with E-state index in [0.717, 1.165) is 44.9 Å². The Hall–Kier alpha value is -2.17. The number of unbranched alkanes of at least 4 members (excludes halogenated alkanes) is 4. The van der Waals surface area contributed by atoms with E-state index < -0.39 is 11.6 Å². The van der Waals surface area contributed by atoms with Gasteiger partial charge in [0.25, 0.3) is 0 Å². The first-order valence-electron chi connectivity index (χ1n) is 12.0. The number of rotatable bonds is 11. The first-order valence-corrected chi connectivity index (χ1v) is 12.0. The Labute approximate surface area is 190 Å². The van der Waals surface area contributed by atoms with Gasteiger partial charge in [-0.15, -0.1) is 0 Å². The van der Waals surface area contributed by atoms with E-state index in [4.69, 9.17) is 9.47 Å². The Morgan fingerprint density at radius 2 is 1.59 bits per heavy atom. The molecule has 0 atom stereocenters. The van der Waals surface area contributed by atoms with E-state index in [1.165, 1.54) is 18.9 Å². The lowest BCUT2D eigenvalue weighted by Gasteiger charge is -2.29. The van der Waals surface area contributed by atoms with Gasteiger partial charge >= 0.3 is 0 Å². The van der Waals surface area contributed by atoms with Crippen molar-refractivity contribution in [2.75, 3.05) is 13.2 Å². The molecule has 3 rings (SSSR count). The molecule has 5 heteroatoms. The molecule has 0 N–H and O–H groups in total. The summed E-state index contributed by atoms with van der Waals surface area (Å²) in [6, 6.07) is 8.14. The molecule has 2 aromatic rings. The van der Waals surface area contributed by atoms with Crippen LogP contribution in [0.4, 0.5) is 13.2 Å². The topological polar surface area (TPSA) is 18.5 Å². The SMILES string of the molecule is CCCCCCCOc1ccc(C2CCC(COc3ccc(C)c(F)c3)CC2)c(F)c1F. The molecule has 0 spiro atoms. The van der Waals surface area contributed by atoms with Crippen LogP contribution in [0.15, 0.2) is 30.3 Å². The molecule has 1 aliphatic rings. The molecule has 1 saturated carbocycles. The summed E-state index contributed by atoms with van der Waals surface area (Å²) in [5, 5.41) is 0. The summed E-state index contributed by atoms with van der Waals surface area (Å²) in [4.78, 5) is 0. The van der Waals surface area contributed by atoms with Crippen molar-refractivity contribution in [1.82, 2.24) is 0 Å². The predicted molar refractivity (Wildman–Crippen MR) is 122 cm³/mol. The lowest BCUT2D eigenvalue weighted by molar-refractivity contribution is 0.198. The van der Waals surface area contributed by atoms with E-state index in [9.17, 15) is 13.2 Å². The first kappa shape index (κ1) is 24.5. The van der Waals surface area contributed by atoms with Gasteiger partial charge < -0.3 is 9.47 Å². The molecule has 0 unspecified atom stereocenters. The molecule has 0 saturated heterocycles. The van der Waals surface area contributed by atoms with Crippen molar-refractivity contribution in [1.29, 1.82) is 0 Å². The van der Waals surface area contributed by atoms with E-state index in [0.29, 0.717) is 36.0 Å². The zero-order valence-electron chi connectivity index (χ0n) is 19.3. The van der Waals surface area contributed by atoms with E-state index in [2.05, 4.69) is 6.92 Å². The molecule has 1 aliphatic carbocycles. The third-order valence-electron chi connectivity index (χ3n) is 6.50. The van der Waals surface area contributed by atoms with E-state index >= 15 is 0 Å². The van der Waals surface area contributed by atoms with Crippen molar-refractivity contribution < 1.29 is 22.6 Å². The normalized spacial score (nSPS) is 18.5. The number of aryl methyl sites for hydroxylation is 1. The number of benzene rings is 2. The summed E-state index contributed by atoms with van der Waals surface area (Å²) in [5.74, 6) is -1.04. The fourth-order valence-corrected chi connectivity index (χ4v) is 4.38. The smallest absolute Gasteiger partial charge is 0.200 e. The summed E-state index contributed by atoms with van der Waals surface area (Å²) < 4.78 is 54.2. The van der Waals surface area contributed by atoms with Gasteiger partial charge in [-0.05, 0) is 74.1 Å². The third-order valence-corrected chi connectivity index (χ3v) is 6.50. The Balaban J connectivity index is 1.47. The molecule has 0 aromatic heterocycles. The minimum atomic E-state index is -0.872. The van der Waals surface area contributed by atoms with Crippen molar-refractivity contribution in [3.63, 3.8) is 0 Å². The van der Waals surface area contributed by atoms with E-state index in [-0.39, 0.29) is 17.5 Å². The Morgan fingerprint density at radius 3 is 2.31 bits per heavy atom. The van der Waals surface area contributed by atoms with Crippen molar-refractivity contribution >= 4 is 0 Å².